The minimum Gasteiger partial charge on any atom is -0.393 e. The van der Waals surface area contributed by atoms with E-state index in [9.17, 15) is 5.11 Å². The molecule has 2 heterocycles. The summed E-state index contributed by atoms with van der Waals surface area (Å²) in [6.45, 7) is 3.83. The van der Waals surface area contributed by atoms with Crippen molar-refractivity contribution >= 4 is 0 Å². The van der Waals surface area contributed by atoms with Crippen LogP contribution in [-0.2, 0) is 6.42 Å². The summed E-state index contributed by atoms with van der Waals surface area (Å²) in [5, 5.41) is 16.5. The summed E-state index contributed by atoms with van der Waals surface area (Å²) in [5.74, 6) is 1.92. The van der Waals surface area contributed by atoms with Gasteiger partial charge in [-0.05, 0) is 39.3 Å². The van der Waals surface area contributed by atoms with Gasteiger partial charge in [-0.1, -0.05) is 5.16 Å². The van der Waals surface area contributed by atoms with Gasteiger partial charge < -0.3 is 14.9 Å². The van der Waals surface area contributed by atoms with E-state index in [4.69, 9.17) is 4.52 Å². The third kappa shape index (κ3) is 3.02. The topological polar surface area (TPSA) is 71.2 Å². The van der Waals surface area contributed by atoms with Gasteiger partial charge in [0.25, 0.3) is 0 Å². The first-order valence-corrected chi connectivity index (χ1v) is 5.97. The first-order chi connectivity index (χ1) is 7.75. The Bertz CT molecular complexity index is 319. The molecule has 1 fully saturated rings. The van der Waals surface area contributed by atoms with Crippen LogP contribution in [0.5, 0.6) is 0 Å². The number of nitrogens with one attached hydrogen (secondary N) is 1. The first-order valence-electron chi connectivity index (χ1n) is 5.97. The largest absolute Gasteiger partial charge is 0.393 e. The SMILES string of the molecule is CC(O)CCc1nc(C2CCNCC2)no1. The molecule has 0 bridgehead atoms. The highest BCUT2D eigenvalue weighted by molar-refractivity contribution is 4.97. The molecule has 0 amide bonds. The molecule has 2 N–H and O–H groups in total. The van der Waals surface area contributed by atoms with Crippen LogP contribution in [-0.4, -0.2) is 34.4 Å². The number of hydrogen-bond donors (Lipinski definition) is 2. The lowest BCUT2D eigenvalue weighted by Crippen LogP contribution is -2.27. The second kappa shape index (κ2) is 5.41. The van der Waals surface area contributed by atoms with Gasteiger partial charge in [-0.15, -0.1) is 0 Å². The zero-order chi connectivity index (χ0) is 11.4. The molecule has 5 nitrogen and oxygen atoms in total. The van der Waals surface area contributed by atoms with Crippen LogP contribution in [0.4, 0.5) is 0 Å². The molecule has 0 aliphatic carbocycles. The van der Waals surface area contributed by atoms with Gasteiger partial charge in [-0.2, -0.15) is 4.98 Å². The molecule has 1 saturated heterocycles. The van der Waals surface area contributed by atoms with E-state index < -0.39 is 0 Å². The van der Waals surface area contributed by atoms with Gasteiger partial charge in [-0.3, -0.25) is 0 Å². The van der Waals surface area contributed by atoms with Crippen LogP contribution in [0.25, 0.3) is 0 Å². The predicted molar refractivity (Wildman–Crippen MR) is 59.1 cm³/mol. The number of nitrogens with zero attached hydrogens (tertiary/aromatic N) is 2. The quantitative estimate of drug-likeness (QED) is 0.795. The van der Waals surface area contributed by atoms with E-state index in [0.717, 1.165) is 31.8 Å². The van der Waals surface area contributed by atoms with Crippen molar-refractivity contribution in [2.45, 2.75) is 44.6 Å². The van der Waals surface area contributed by atoms with E-state index in [0.29, 0.717) is 24.7 Å². The molecule has 1 aromatic heterocycles. The normalized spacial score (nSPS) is 19.9. The van der Waals surface area contributed by atoms with Crippen LogP contribution in [0, 0.1) is 0 Å². The van der Waals surface area contributed by atoms with Gasteiger partial charge in [0.15, 0.2) is 5.82 Å². The van der Waals surface area contributed by atoms with Gasteiger partial charge in [0.1, 0.15) is 0 Å². The third-order valence-electron chi connectivity index (χ3n) is 2.96. The Morgan fingerprint density at radius 3 is 2.94 bits per heavy atom. The van der Waals surface area contributed by atoms with E-state index in [-0.39, 0.29) is 6.10 Å². The summed E-state index contributed by atoms with van der Waals surface area (Å²) in [7, 11) is 0. The molecule has 1 aliphatic rings. The highest BCUT2D eigenvalue weighted by Gasteiger charge is 2.20. The molecule has 90 valence electrons. The Labute approximate surface area is 95.2 Å². The fraction of sp³-hybridized carbons (Fsp3) is 0.818. The minimum atomic E-state index is -0.311. The number of piperidine rings is 1. The standard InChI is InChI=1S/C11H19N3O2/c1-8(15)2-3-10-13-11(14-16-10)9-4-6-12-7-5-9/h8-9,12,15H,2-7H2,1H3. The lowest BCUT2D eigenvalue weighted by molar-refractivity contribution is 0.180. The molecule has 16 heavy (non-hydrogen) atoms. The van der Waals surface area contributed by atoms with Gasteiger partial charge in [0, 0.05) is 12.3 Å². The zero-order valence-electron chi connectivity index (χ0n) is 9.65. The molecule has 1 unspecified atom stereocenters. The Kier molecular flexibility index (Phi) is 3.90. The maximum atomic E-state index is 9.17. The molecular weight excluding hydrogens is 206 g/mol. The highest BCUT2D eigenvalue weighted by Crippen LogP contribution is 2.22. The Balaban J connectivity index is 1.90. The molecular formula is C11H19N3O2. The number of hydrogen-bond acceptors (Lipinski definition) is 5. The number of aromatic nitrogens is 2. The van der Waals surface area contributed by atoms with Crippen molar-refractivity contribution in [3.05, 3.63) is 11.7 Å². The summed E-state index contributed by atoms with van der Waals surface area (Å²) >= 11 is 0. The van der Waals surface area contributed by atoms with E-state index in [1.807, 2.05) is 0 Å². The molecule has 1 atom stereocenters. The molecule has 2 rings (SSSR count). The number of aliphatic hydroxyl groups is 1. The first kappa shape index (κ1) is 11.5. The minimum absolute atomic E-state index is 0.311. The van der Waals surface area contributed by atoms with Crippen molar-refractivity contribution in [2.75, 3.05) is 13.1 Å². The summed E-state index contributed by atoms with van der Waals surface area (Å²) in [6, 6.07) is 0. The monoisotopic (exact) mass is 225 g/mol. The van der Waals surface area contributed by atoms with Crippen molar-refractivity contribution in [2.24, 2.45) is 0 Å². The van der Waals surface area contributed by atoms with Crippen LogP contribution < -0.4 is 5.32 Å². The number of aryl methyl sites for hydroxylation is 1. The van der Waals surface area contributed by atoms with Crippen LogP contribution in [0.3, 0.4) is 0 Å². The van der Waals surface area contributed by atoms with E-state index in [1.165, 1.54) is 0 Å². The Morgan fingerprint density at radius 2 is 2.25 bits per heavy atom. The van der Waals surface area contributed by atoms with Crippen LogP contribution >= 0.6 is 0 Å². The summed E-state index contributed by atoms with van der Waals surface area (Å²) in [5.41, 5.74) is 0. The molecule has 1 aromatic rings. The number of aliphatic hydroxyl groups excluding tert-OH is 1. The van der Waals surface area contributed by atoms with Gasteiger partial charge in [0.05, 0.1) is 6.10 Å². The fourth-order valence-corrected chi connectivity index (χ4v) is 1.95. The molecule has 0 saturated carbocycles. The zero-order valence-corrected chi connectivity index (χ0v) is 9.65. The van der Waals surface area contributed by atoms with E-state index in [2.05, 4.69) is 15.5 Å². The van der Waals surface area contributed by atoms with Crippen LogP contribution in [0.1, 0.15) is 43.8 Å². The van der Waals surface area contributed by atoms with Crippen LogP contribution in [0.2, 0.25) is 0 Å². The Hall–Kier alpha value is -0.940. The highest BCUT2D eigenvalue weighted by atomic mass is 16.5. The lowest BCUT2D eigenvalue weighted by Gasteiger charge is -2.18. The smallest absolute Gasteiger partial charge is 0.226 e. The lowest BCUT2D eigenvalue weighted by atomic mass is 9.98. The molecule has 0 aromatic carbocycles. The summed E-state index contributed by atoms with van der Waals surface area (Å²) in [6.07, 6.45) is 3.18. The maximum absolute atomic E-state index is 9.17. The average Bonchev–Trinajstić information content (AvgIpc) is 2.76. The second-order valence-electron chi connectivity index (χ2n) is 4.46. The molecule has 0 spiro atoms. The third-order valence-corrected chi connectivity index (χ3v) is 2.96. The average molecular weight is 225 g/mol. The molecule has 5 heteroatoms. The molecule has 0 radical (unpaired) electrons. The summed E-state index contributed by atoms with van der Waals surface area (Å²) in [4.78, 5) is 4.39. The van der Waals surface area contributed by atoms with Crippen molar-refractivity contribution in [3.63, 3.8) is 0 Å². The summed E-state index contributed by atoms with van der Waals surface area (Å²) < 4.78 is 5.18. The van der Waals surface area contributed by atoms with E-state index >= 15 is 0 Å². The van der Waals surface area contributed by atoms with Crippen molar-refractivity contribution < 1.29 is 9.63 Å². The molecule has 1 aliphatic heterocycles. The van der Waals surface area contributed by atoms with Crippen LogP contribution in [0.15, 0.2) is 4.52 Å². The Morgan fingerprint density at radius 1 is 1.50 bits per heavy atom. The van der Waals surface area contributed by atoms with Gasteiger partial charge in [0.2, 0.25) is 5.89 Å². The second-order valence-corrected chi connectivity index (χ2v) is 4.46. The van der Waals surface area contributed by atoms with Gasteiger partial charge >= 0.3 is 0 Å². The van der Waals surface area contributed by atoms with Crippen molar-refractivity contribution in [1.82, 2.24) is 15.5 Å². The maximum Gasteiger partial charge on any atom is 0.226 e. The van der Waals surface area contributed by atoms with Crippen molar-refractivity contribution in [1.29, 1.82) is 0 Å². The fourth-order valence-electron chi connectivity index (χ4n) is 1.95. The van der Waals surface area contributed by atoms with Crippen molar-refractivity contribution in [3.8, 4) is 0 Å². The van der Waals surface area contributed by atoms with E-state index in [1.54, 1.807) is 6.92 Å². The number of rotatable bonds is 4. The predicted octanol–water partition coefficient (Wildman–Crippen LogP) is 0.850. The van der Waals surface area contributed by atoms with Gasteiger partial charge in [-0.25, -0.2) is 0 Å².